The lowest BCUT2D eigenvalue weighted by molar-refractivity contribution is -0.139. The number of hydrogen-bond acceptors (Lipinski definition) is 8. The number of carbonyl (C=O) groups is 2. The number of piperazine rings is 1. The van der Waals surface area contributed by atoms with Gasteiger partial charge < -0.3 is 37.2 Å². The van der Waals surface area contributed by atoms with E-state index >= 15 is 0 Å². The number of likely N-dealkylation sites (tertiary alicyclic amines) is 1. The Bertz CT molecular complexity index is 1090. The topological polar surface area (TPSA) is 132 Å². The summed E-state index contributed by atoms with van der Waals surface area (Å²) in [4.78, 5) is 34.9. The van der Waals surface area contributed by atoms with E-state index in [1.165, 1.54) is 32.1 Å². The van der Waals surface area contributed by atoms with Gasteiger partial charge in [-0.25, -0.2) is 4.39 Å². The highest BCUT2D eigenvalue weighted by molar-refractivity contribution is 5.81. The summed E-state index contributed by atoms with van der Waals surface area (Å²) in [5.41, 5.74) is 12.7. The van der Waals surface area contributed by atoms with Crippen molar-refractivity contribution in [2.24, 2.45) is 40.6 Å². The summed E-state index contributed by atoms with van der Waals surface area (Å²) >= 11 is 0. The minimum Gasteiger partial charge on any atom is -0.350 e. The largest absolute Gasteiger partial charge is 0.350 e. The maximum absolute atomic E-state index is 14.9. The van der Waals surface area contributed by atoms with E-state index in [9.17, 15) is 14.0 Å². The number of piperidine rings is 2. The monoisotopic (exact) mass is 689 g/mol. The molecule has 1 aliphatic carbocycles. The van der Waals surface area contributed by atoms with Crippen LogP contribution >= 0.6 is 0 Å². The second-order valence-electron chi connectivity index (χ2n) is 16.4. The van der Waals surface area contributed by atoms with Crippen LogP contribution in [0.15, 0.2) is 12.2 Å². The van der Waals surface area contributed by atoms with E-state index < -0.39 is 18.3 Å². The van der Waals surface area contributed by atoms with Gasteiger partial charge in [-0.05, 0) is 82.3 Å². The fraction of sp³-hybridized carbons (Fsp3) is 0.895. The lowest BCUT2D eigenvalue weighted by Crippen LogP contribution is -2.69. The standard InChI is InChI=1S/C38H69FN8O2/c1-5-15-38(6-2)16-12-29(39)24-42-30(23-38)32(35(40)41)36(48)44-31-25-43-33(27-10-8-7-9-11-27)26(3)34(31)46-17-13-28(14-18-46)37(49)47-21-19-45(4)20-22-47/h12,16,26-35,42-43H,5-11,13-15,17-25,40-41H2,1-4H3,(H,44,48)/b16-12-. The number of nitrogens with one attached hydrogen (secondary N) is 3. The van der Waals surface area contributed by atoms with Crippen molar-refractivity contribution >= 4 is 11.8 Å². The summed E-state index contributed by atoms with van der Waals surface area (Å²) in [7, 11) is 2.12. The summed E-state index contributed by atoms with van der Waals surface area (Å²) in [6, 6.07) is 0.0797. The zero-order valence-electron chi connectivity index (χ0n) is 31.1. The highest BCUT2D eigenvalue weighted by atomic mass is 19.1. The number of rotatable bonds is 10. The van der Waals surface area contributed by atoms with Gasteiger partial charge in [0, 0.05) is 63.3 Å². The first kappa shape index (κ1) is 38.6. The van der Waals surface area contributed by atoms with Crippen molar-refractivity contribution in [3.63, 3.8) is 0 Å². The van der Waals surface area contributed by atoms with Crippen LogP contribution in [0, 0.1) is 29.1 Å². The first-order valence-electron chi connectivity index (χ1n) is 19.9. The molecule has 0 radical (unpaired) electrons. The maximum Gasteiger partial charge on any atom is 0.227 e. The third-order valence-electron chi connectivity index (χ3n) is 13.2. The number of alkyl halides is 1. The van der Waals surface area contributed by atoms with Gasteiger partial charge >= 0.3 is 0 Å². The van der Waals surface area contributed by atoms with Gasteiger partial charge in [0.1, 0.15) is 6.17 Å². The predicted octanol–water partition coefficient (Wildman–Crippen LogP) is 2.83. The third-order valence-corrected chi connectivity index (χ3v) is 13.2. The molecule has 5 aliphatic rings. The average molecular weight is 689 g/mol. The number of halogens is 1. The van der Waals surface area contributed by atoms with Crippen LogP contribution in [0.4, 0.5) is 4.39 Å². The summed E-state index contributed by atoms with van der Waals surface area (Å²) in [6.07, 6.45) is 13.3. The molecule has 0 aromatic carbocycles. The average Bonchev–Trinajstić information content (AvgIpc) is 3.09. The summed E-state index contributed by atoms with van der Waals surface area (Å²) in [6.45, 7) is 12.7. The third kappa shape index (κ3) is 9.43. The Hall–Kier alpha value is -1.63. The molecule has 280 valence electrons. The zero-order chi connectivity index (χ0) is 35.1. The molecule has 11 heteroatoms. The molecule has 4 heterocycles. The number of nitrogens with zero attached hydrogens (tertiary/aromatic N) is 3. The van der Waals surface area contributed by atoms with Gasteiger partial charge in [-0.3, -0.25) is 14.5 Å². The number of amides is 2. The van der Waals surface area contributed by atoms with Crippen molar-refractivity contribution in [3.8, 4) is 0 Å². The van der Waals surface area contributed by atoms with E-state index in [0.717, 1.165) is 71.4 Å². The molecule has 10 nitrogen and oxygen atoms in total. The highest BCUT2D eigenvalue weighted by Crippen LogP contribution is 2.39. The minimum absolute atomic E-state index is 0.0687. The van der Waals surface area contributed by atoms with Crippen LogP contribution < -0.4 is 27.4 Å². The van der Waals surface area contributed by atoms with Gasteiger partial charge in [-0.15, -0.1) is 0 Å². The van der Waals surface area contributed by atoms with Crippen LogP contribution in [-0.4, -0.2) is 122 Å². The lowest BCUT2D eigenvalue weighted by Gasteiger charge is -2.52. The van der Waals surface area contributed by atoms with E-state index in [2.05, 4.69) is 64.5 Å². The summed E-state index contributed by atoms with van der Waals surface area (Å²) < 4.78 is 14.9. The molecule has 5 rings (SSSR count). The lowest BCUT2D eigenvalue weighted by atomic mass is 9.71. The quantitative estimate of drug-likeness (QED) is 0.175. The smallest absolute Gasteiger partial charge is 0.227 e. The van der Waals surface area contributed by atoms with Crippen LogP contribution in [0.1, 0.15) is 91.4 Å². The fourth-order valence-corrected chi connectivity index (χ4v) is 10.2. The van der Waals surface area contributed by atoms with Crippen molar-refractivity contribution in [2.45, 2.75) is 128 Å². The molecule has 0 spiro atoms. The normalized spacial score (nSPS) is 36.2. The zero-order valence-corrected chi connectivity index (χ0v) is 31.1. The van der Waals surface area contributed by atoms with E-state index in [4.69, 9.17) is 11.5 Å². The number of carbonyl (C=O) groups excluding carboxylic acids is 2. The van der Waals surface area contributed by atoms with Gasteiger partial charge in [-0.1, -0.05) is 58.6 Å². The Labute approximate surface area is 296 Å². The molecule has 0 bridgehead atoms. The van der Waals surface area contributed by atoms with Crippen molar-refractivity contribution < 1.29 is 14.0 Å². The van der Waals surface area contributed by atoms with E-state index in [1.54, 1.807) is 6.08 Å². The molecule has 0 aromatic rings. The first-order valence-corrected chi connectivity index (χ1v) is 19.9. The van der Waals surface area contributed by atoms with E-state index in [1.807, 2.05) is 0 Å². The Balaban J connectivity index is 1.32. The summed E-state index contributed by atoms with van der Waals surface area (Å²) in [5.74, 6) is 0.519. The van der Waals surface area contributed by atoms with Gasteiger partial charge in [-0.2, -0.15) is 0 Å². The van der Waals surface area contributed by atoms with Crippen LogP contribution in [0.5, 0.6) is 0 Å². The Morgan fingerprint density at radius 3 is 2.31 bits per heavy atom. The molecule has 2 amide bonds. The first-order chi connectivity index (χ1) is 23.6. The van der Waals surface area contributed by atoms with Gasteiger partial charge in [0.05, 0.1) is 18.1 Å². The Kier molecular flexibility index (Phi) is 14.0. The molecular weight excluding hydrogens is 619 g/mol. The summed E-state index contributed by atoms with van der Waals surface area (Å²) in [5, 5.41) is 10.8. The molecule has 8 atom stereocenters. The number of allylic oxidation sites excluding steroid dienone is 1. The molecule has 8 unspecified atom stereocenters. The second kappa shape index (κ2) is 17.7. The SMILES string of the molecule is CCCC1(CC)/C=C\C(F)CNC(C(C(=O)NC2CNC(C3CCCCC3)C(C)C2N2CCC(C(=O)N3CCN(C)CC3)CC2)C(N)N)C1. The van der Waals surface area contributed by atoms with E-state index in [-0.39, 0.29) is 41.9 Å². The van der Waals surface area contributed by atoms with Crippen molar-refractivity contribution in [1.82, 2.24) is 30.7 Å². The fourth-order valence-electron chi connectivity index (χ4n) is 10.2. The Morgan fingerprint density at radius 2 is 1.67 bits per heavy atom. The van der Waals surface area contributed by atoms with Gasteiger partial charge in [0.2, 0.25) is 11.8 Å². The second-order valence-corrected chi connectivity index (χ2v) is 16.4. The number of likely N-dealkylation sites (N-methyl/N-ethyl adjacent to an activating group) is 1. The van der Waals surface area contributed by atoms with Crippen LogP contribution in [0.3, 0.4) is 0 Å². The van der Waals surface area contributed by atoms with Gasteiger partial charge in [0.15, 0.2) is 0 Å². The van der Waals surface area contributed by atoms with Gasteiger partial charge in [0.25, 0.3) is 0 Å². The molecular formula is C38H69FN8O2. The molecule has 4 aliphatic heterocycles. The van der Waals surface area contributed by atoms with E-state index in [0.29, 0.717) is 36.8 Å². The van der Waals surface area contributed by atoms with Crippen LogP contribution in [0.25, 0.3) is 0 Å². The van der Waals surface area contributed by atoms with Crippen molar-refractivity contribution in [1.29, 1.82) is 0 Å². The maximum atomic E-state index is 14.9. The molecule has 7 N–H and O–H groups in total. The molecule has 4 fully saturated rings. The minimum atomic E-state index is -1.13. The molecule has 1 saturated carbocycles. The molecule has 49 heavy (non-hydrogen) atoms. The Morgan fingerprint density at radius 1 is 0.980 bits per heavy atom. The molecule has 3 saturated heterocycles. The highest BCUT2D eigenvalue weighted by Gasteiger charge is 2.46. The van der Waals surface area contributed by atoms with Crippen molar-refractivity contribution in [3.05, 3.63) is 12.2 Å². The predicted molar refractivity (Wildman–Crippen MR) is 195 cm³/mol. The molecule has 0 aromatic heterocycles. The van der Waals surface area contributed by atoms with Crippen molar-refractivity contribution in [2.75, 3.05) is 59.4 Å². The van der Waals surface area contributed by atoms with Crippen LogP contribution in [-0.2, 0) is 9.59 Å². The van der Waals surface area contributed by atoms with Crippen LogP contribution in [0.2, 0.25) is 0 Å². The number of nitrogens with two attached hydrogens (primary N) is 2. The number of hydrogen-bond donors (Lipinski definition) is 5.